The minimum absolute atomic E-state index is 0.301. The lowest BCUT2D eigenvalue weighted by atomic mass is 10.2. The van der Waals surface area contributed by atoms with Gasteiger partial charge in [0.15, 0.2) is 0 Å². The first-order valence-electron chi connectivity index (χ1n) is 5.62. The highest BCUT2D eigenvalue weighted by molar-refractivity contribution is 5.73. The molecule has 0 aliphatic carbocycles. The number of rotatable bonds is 4. The molecule has 4 heteroatoms. The first-order valence-corrected chi connectivity index (χ1v) is 5.62. The highest BCUT2D eigenvalue weighted by atomic mass is 16.6. The second-order valence-electron chi connectivity index (χ2n) is 5.40. The van der Waals surface area contributed by atoms with Crippen LogP contribution in [0.1, 0.15) is 41.5 Å². The number of carbonyl (C=O) groups is 2. The van der Waals surface area contributed by atoms with Crippen LogP contribution in [-0.4, -0.2) is 35.5 Å². The van der Waals surface area contributed by atoms with Crippen molar-refractivity contribution in [3.8, 4) is 0 Å². The highest BCUT2D eigenvalue weighted by Crippen LogP contribution is 2.13. The van der Waals surface area contributed by atoms with Crippen LogP contribution in [0.15, 0.2) is 0 Å². The Morgan fingerprint density at radius 2 is 1.81 bits per heavy atom. The SMILES string of the molecule is CC(C)CN(C(=O)OC(C)(C)C)[C@@H](C)C=O. The molecule has 0 fully saturated rings. The van der Waals surface area contributed by atoms with Gasteiger partial charge in [0.25, 0.3) is 0 Å². The molecule has 16 heavy (non-hydrogen) atoms. The Balaban J connectivity index is 4.63. The normalized spacial score (nSPS) is 13.4. The Hall–Kier alpha value is -1.06. The molecule has 0 aliphatic rings. The van der Waals surface area contributed by atoms with Crippen LogP contribution in [-0.2, 0) is 9.53 Å². The molecule has 0 saturated carbocycles. The fraction of sp³-hybridized carbons (Fsp3) is 0.833. The van der Waals surface area contributed by atoms with Gasteiger partial charge in [0.05, 0.1) is 6.04 Å². The molecule has 0 saturated heterocycles. The number of carbonyl (C=O) groups excluding carboxylic acids is 2. The van der Waals surface area contributed by atoms with E-state index < -0.39 is 17.7 Å². The van der Waals surface area contributed by atoms with Crippen molar-refractivity contribution >= 4 is 12.4 Å². The van der Waals surface area contributed by atoms with Crippen molar-refractivity contribution in [1.82, 2.24) is 4.90 Å². The average Bonchev–Trinajstić information content (AvgIpc) is 2.09. The van der Waals surface area contributed by atoms with E-state index in [1.165, 1.54) is 4.90 Å². The maximum absolute atomic E-state index is 11.8. The molecular formula is C12H23NO3. The van der Waals surface area contributed by atoms with Crippen molar-refractivity contribution in [1.29, 1.82) is 0 Å². The number of aldehydes is 1. The fourth-order valence-corrected chi connectivity index (χ4v) is 1.19. The van der Waals surface area contributed by atoms with Crippen molar-refractivity contribution in [2.75, 3.05) is 6.54 Å². The minimum atomic E-state index is -0.533. The van der Waals surface area contributed by atoms with Crippen molar-refractivity contribution in [3.05, 3.63) is 0 Å². The summed E-state index contributed by atoms with van der Waals surface area (Å²) in [6.07, 6.45) is 0.326. The summed E-state index contributed by atoms with van der Waals surface area (Å²) in [5.41, 5.74) is -0.533. The predicted octanol–water partition coefficient (Wildman–Crippen LogP) is 2.47. The molecule has 0 spiro atoms. The van der Waals surface area contributed by atoms with Gasteiger partial charge >= 0.3 is 6.09 Å². The monoisotopic (exact) mass is 229 g/mol. The first-order chi connectivity index (χ1) is 7.17. The minimum Gasteiger partial charge on any atom is -0.444 e. The molecule has 0 N–H and O–H groups in total. The molecule has 0 unspecified atom stereocenters. The van der Waals surface area contributed by atoms with Gasteiger partial charge in [-0.1, -0.05) is 13.8 Å². The summed E-state index contributed by atoms with van der Waals surface area (Å²) in [5, 5.41) is 0. The summed E-state index contributed by atoms with van der Waals surface area (Å²) in [6, 6.07) is -0.447. The van der Waals surface area contributed by atoms with E-state index in [1.54, 1.807) is 6.92 Å². The van der Waals surface area contributed by atoms with Gasteiger partial charge < -0.3 is 9.53 Å². The second-order valence-corrected chi connectivity index (χ2v) is 5.40. The zero-order valence-corrected chi connectivity index (χ0v) is 11.1. The van der Waals surface area contributed by atoms with Crippen LogP contribution in [0.5, 0.6) is 0 Å². The summed E-state index contributed by atoms with van der Waals surface area (Å²) in [5.74, 6) is 0.301. The van der Waals surface area contributed by atoms with Crippen molar-refractivity contribution in [2.45, 2.75) is 53.2 Å². The lowest BCUT2D eigenvalue weighted by Gasteiger charge is -2.30. The van der Waals surface area contributed by atoms with Crippen molar-refractivity contribution in [2.24, 2.45) is 5.92 Å². The lowest BCUT2D eigenvalue weighted by molar-refractivity contribution is -0.112. The average molecular weight is 229 g/mol. The number of hydrogen-bond donors (Lipinski definition) is 0. The maximum atomic E-state index is 11.8. The van der Waals surface area contributed by atoms with E-state index in [4.69, 9.17) is 4.74 Å². The molecule has 0 radical (unpaired) electrons. The summed E-state index contributed by atoms with van der Waals surface area (Å²) in [6.45, 7) is 11.6. The molecule has 0 rings (SSSR count). The Kier molecular flexibility index (Phi) is 5.48. The Morgan fingerprint density at radius 1 is 1.31 bits per heavy atom. The standard InChI is InChI=1S/C12H23NO3/c1-9(2)7-13(10(3)8-14)11(15)16-12(4,5)6/h8-10H,7H2,1-6H3/t10-/m0/s1. The van der Waals surface area contributed by atoms with Gasteiger partial charge in [-0.05, 0) is 33.6 Å². The third-order valence-corrected chi connectivity index (χ3v) is 1.88. The molecule has 4 nitrogen and oxygen atoms in total. The number of nitrogens with zero attached hydrogens (tertiary/aromatic N) is 1. The van der Waals surface area contributed by atoms with E-state index in [0.717, 1.165) is 6.29 Å². The second kappa shape index (κ2) is 5.87. The fourth-order valence-electron chi connectivity index (χ4n) is 1.19. The quantitative estimate of drug-likeness (QED) is 0.696. The largest absolute Gasteiger partial charge is 0.444 e. The molecule has 0 aromatic heterocycles. The molecule has 0 bridgehead atoms. The van der Waals surface area contributed by atoms with Crippen LogP contribution in [0.3, 0.4) is 0 Å². The van der Waals surface area contributed by atoms with Gasteiger partial charge in [0.2, 0.25) is 0 Å². The molecule has 0 aliphatic heterocycles. The highest BCUT2D eigenvalue weighted by Gasteiger charge is 2.26. The molecule has 0 aromatic rings. The smallest absolute Gasteiger partial charge is 0.410 e. The van der Waals surface area contributed by atoms with Crippen molar-refractivity contribution < 1.29 is 14.3 Å². The molecule has 94 valence electrons. The van der Waals surface area contributed by atoms with Crippen LogP contribution < -0.4 is 0 Å². The van der Waals surface area contributed by atoms with Gasteiger partial charge in [0.1, 0.15) is 11.9 Å². The topological polar surface area (TPSA) is 46.6 Å². The molecule has 0 heterocycles. The van der Waals surface area contributed by atoms with Gasteiger partial charge in [-0.3, -0.25) is 4.90 Å². The van der Waals surface area contributed by atoms with Gasteiger partial charge in [0, 0.05) is 6.54 Å². The maximum Gasteiger partial charge on any atom is 0.410 e. The molecule has 1 amide bonds. The predicted molar refractivity (Wildman–Crippen MR) is 63.3 cm³/mol. The number of hydrogen-bond acceptors (Lipinski definition) is 3. The zero-order chi connectivity index (χ0) is 12.9. The van der Waals surface area contributed by atoms with E-state index in [1.807, 2.05) is 34.6 Å². The van der Waals surface area contributed by atoms with E-state index in [9.17, 15) is 9.59 Å². The summed E-state index contributed by atoms with van der Waals surface area (Å²) >= 11 is 0. The zero-order valence-electron chi connectivity index (χ0n) is 11.1. The van der Waals surface area contributed by atoms with Crippen LogP contribution in [0.2, 0.25) is 0 Å². The van der Waals surface area contributed by atoms with Crippen LogP contribution in [0, 0.1) is 5.92 Å². The lowest BCUT2D eigenvalue weighted by Crippen LogP contribution is -2.44. The summed E-state index contributed by atoms with van der Waals surface area (Å²) < 4.78 is 5.25. The summed E-state index contributed by atoms with van der Waals surface area (Å²) in [7, 11) is 0. The van der Waals surface area contributed by atoms with Crippen LogP contribution in [0.25, 0.3) is 0 Å². The van der Waals surface area contributed by atoms with E-state index >= 15 is 0 Å². The van der Waals surface area contributed by atoms with Crippen LogP contribution in [0.4, 0.5) is 4.79 Å². The number of amides is 1. The first kappa shape index (κ1) is 14.9. The Bertz CT molecular complexity index is 243. The van der Waals surface area contributed by atoms with Crippen molar-refractivity contribution in [3.63, 3.8) is 0 Å². The van der Waals surface area contributed by atoms with Gasteiger partial charge in [-0.25, -0.2) is 4.79 Å². The third kappa shape index (κ3) is 5.73. The van der Waals surface area contributed by atoms with E-state index in [0.29, 0.717) is 12.5 Å². The van der Waals surface area contributed by atoms with Crippen LogP contribution >= 0.6 is 0 Å². The molecular weight excluding hydrogens is 206 g/mol. The molecule has 1 atom stereocenters. The molecule has 0 aromatic carbocycles. The third-order valence-electron chi connectivity index (χ3n) is 1.88. The van der Waals surface area contributed by atoms with Gasteiger partial charge in [-0.2, -0.15) is 0 Å². The van der Waals surface area contributed by atoms with E-state index in [-0.39, 0.29) is 0 Å². The van der Waals surface area contributed by atoms with Gasteiger partial charge in [-0.15, -0.1) is 0 Å². The Labute approximate surface area is 98.0 Å². The van der Waals surface area contributed by atoms with E-state index in [2.05, 4.69) is 0 Å². The summed E-state index contributed by atoms with van der Waals surface area (Å²) in [4.78, 5) is 24.0. The Morgan fingerprint density at radius 3 is 2.12 bits per heavy atom. The number of ether oxygens (including phenoxy) is 1.